The summed E-state index contributed by atoms with van der Waals surface area (Å²) in [5.41, 5.74) is 0. The SMILES string of the molecule is CC(C)[C]1CCC1. The maximum atomic E-state index is 2.29. The smallest absolute Gasteiger partial charge is 0.0215 e. The van der Waals surface area contributed by atoms with E-state index in [1.54, 1.807) is 5.92 Å². The van der Waals surface area contributed by atoms with Crippen LogP contribution in [0.1, 0.15) is 33.1 Å². The lowest BCUT2D eigenvalue weighted by atomic mass is 9.78. The molecule has 0 saturated heterocycles. The predicted octanol–water partition coefficient (Wildman–Crippen LogP) is 2.40. The molecule has 1 aliphatic carbocycles. The van der Waals surface area contributed by atoms with E-state index in [-0.39, 0.29) is 0 Å². The van der Waals surface area contributed by atoms with Gasteiger partial charge in [0.2, 0.25) is 0 Å². The van der Waals surface area contributed by atoms with Crippen molar-refractivity contribution >= 4 is 0 Å². The Balaban J connectivity index is 2.14. The van der Waals surface area contributed by atoms with Gasteiger partial charge >= 0.3 is 0 Å². The average molecular weight is 97.2 g/mol. The van der Waals surface area contributed by atoms with Gasteiger partial charge in [-0.05, 0) is 24.7 Å². The average Bonchev–Trinajstić information content (AvgIpc) is 1.23. The van der Waals surface area contributed by atoms with Crippen molar-refractivity contribution in [3.8, 4) is 0 Å². The summed E-state index contributed by atoms with van der Waals surface area (Å²) in [6.07, 6.45) is 4.28. The van der Waals surface area contributed by atoms with E-state index in [9.17, 15) is 0 Å². The first-order chi connectivity index (χ1) is 3.30. The van der Waals surface area contributed by atoms with E-state index < -0.39 is 0 Å². The van der Waals surface area contributed by atoms with Gasteiger partial charge in [-0.15, -0.1) is 0 Å². The molecule has 1 aliphatic rings. The van der Waals surface area contributed by atoms with Gasteiger partial charge in [-0.2, -0.15) is 0 Å². The van der Waals surface area contributed by atoms with Crippen LogP contribution >= 0.6 is 0 Å². The third kappa shape index (κ3) is 0.960. The van der Waals surface area contributed by atoms with E-state index in [4.69, 9.17) is 0 Å². The van der Waals surface area contributed by atoms with E-state index in [1.165, 1.54) is 19.3 Å². The summed E-state index contributed by atoms with van der Waals surface area (Å²) >= 11 is 0. The minimum absolute atomic E-state index is 0.869. The fraction of sp³-hybridized carbons (Fsp3) is 0.857. The number of hydrogen-bond acceptors (Lipinski definition) is 0. The molecule has 1 radical (unpaired) electrons. The third-order valence-electron chi connectivity index (χ3n) is 1.81. The topological polar surface area (TPSA) is 0 Å². The van der Waals surface area contributed by atoms with Crippen LogP contribution < -0.4 is 0 Å². The van der Waals surface area contributed by atoms with Crippen molar-refractivity contribution in [2.75, 3.05) is 0 Å². The molecule has 41 valence electrons. The van der Waals surface area contributed by atoms with Crippen LogP contribution in [0.2, 0.25) is 0 Å². The van der Waals surface area contributed by atoms with Crippen molar-refractivity contribution in [3.05, 3.63) is 5.92 Å². The van der Waals surface area contributed by atoms with Crippen LogP contribution in [0.5, 0.6) is 0 Å². The lowest BCUT2D eigenvalue weighted by Crippen LogP contribution is -2.14. The second-order valence-electron chi connectivity index (χ2n) is 2.67. The van der Waals surface area contributed by atoms with Crippen LogP contribution in [-0.2, 0) is 0 Å². The van der Waals surface area contributed by atoms with E-state index in [1.807, 2.05) is 0 Å². The first-order valence-corrected chi connectivity index (χ1v) is 3.15. The third-order valence-corrected chi connectivity index (χ3v) is 1.81. The summed E-state index contributed by atoms with van der Waals surface area (Å²) in [6, 6.07) is 0. The molecular weight excluding hydrogens is 84.1 g/mol. The minimum Gasteiger partial charge on any atom is -0.0622 e. The first kappa shape index (κ1) is 5.14. The van der Waals surface area contributed by atoms with Gasteiger partial charge < -0.3 is 0 Å². The lowest BCUT2D eigenvalue weighted by Gasteiger charge is -2.27. The zero-order valence-corrected chi connectivity index (χ0v) is 5.20. The van der Waals surface area contributed by atoms with Gasteiger partial charge in [0.25, 0.3) is 0 Å². The summed E-state index contributed by atoms with van der Waals surface area (Å²) in [4.78, 5) is 0. The number of hydrogen-bond donors (Lipinski definition) is 0. The largest absolute Gasteiger partial charge is 0.0622 e. The normalized spacial score (nSPS) is 22.7. The summed E-state index contributed by atoms with van der Waals surface area (Å²) in [6.45, 7) is 4.57. The van der Waals surface area contributed by atoms with Gasteiger partial charge in [-0.25, -0.2) is 0 Å². The van der Waals surface area contributed by atoms with Crippen molar-refractivity contribution in [2.24, 2.45) is 5.92 Å². The highest BCUT2D eigenvalue weighted by atomic mass is 14.3. The van der Waals surface area contributed by atoms with Gasteiger partial charge in [-0.3, -0.25) is 0 Å². The Labute approximate surface area is 45.9 Å². The van der Waals surface area contributed by atoms with E-state index in [0.29, 0.717) is 0 Å². The van der Waals surface area contributed by atoms with Gasteiger partial charge in [0.05, 0.1) is 0 Å². The molecule has 0 bridgehead atoms. The van der Waals surface area contributed by atoms with Gasteiger partial charge in [0, 0.05) is 0 Å². The highest BCUT2D eigenvalue weighted by Gasteiger charge is 2.20. The number of rotatable bonds is 1. The molecule has 0 aromatic rings. The maximum absolute atomic E-state index is 2.29. The predicted molar refractivity (Wildman–Crippen MR) is 31.9 cm³/mol. The van der Waals surface area contributed by atoms with E-state index in [0.717, 1.165) is 5.92 Å². The molecule has 0 aromatic carbocycles. The summed E-state index contributed by atoms with van der Waals surface area (Å²) in [7, 11) is 0. The van der Waals surface area contributed by atoms with Gasteiger partial charge in [0.1, 0.15) is 0 Å². The van der Waals surface area contributed by atoms with Gasteiger partial charge in [0.15, 0.2) is 0 Å². The van der Waals surface area contributed by atoms with E-state index >= 15 is 0 Å². The molecule has 0 nitrogen and oxygen atoms in total. The van der Waals surface area contributed by atoms with Gasteiger partial charge in [-0.1, -0.05) is 20.3 Å². The molecule has 0 aromatic heterocycles. The Hall–Kier alpha value is 0. The monoisotopic (exact) mass is 97.1 g/mol. The Morgan fingerprint density at radius 2 is 1.86 bits per heavy atom. The fourth-order valence-corrected chi connectivity index (χ4v) is 0.958. The minimum atomic E-state index is 0.869. The molecule has 0 aliphatic heterocycles. The van der Waals surface area contributed by atoms with Crippen LogP contribution in [0.25, 0.3) is 0 Å². The molecule has 1 rings (SSSR count). The molecule has 1 saturated carbocycles. The van der Waals surface area contributed by atoms with Crippen LogP contribution in [0.3, 0.4) is 0 Å². The Bertz CT molecular complexity index is 51.1. The fourth-order valence-electron chi connectivity index (χ4n) is 0.958. The zero-order chi connectivity index (χ0) is 5.28. The second kappa shape index (κ2) is 1.85. The maximum Gasteiger partial charge on any atom is -0.0215 e. The molecule has 0 heterocycles. The molecule has 0 N–H and O–H groups in total. The second-order valence-corrected chi connectivity index (χ2v) is 2.67. The summed E-state index contributed by atoms with van der Waals surface area (Å²) < 4.78 is 0. The highest BCUT2D eigenvalue weighted by Crippen LogP contribution is 2.34. The Morgan fingerprint density at radius 1 is 1.29 bits per heavy atom. The molecule has 1 fully saturated rings. The van der Waals surface area contributed by atoms with Crippen molar-refractivity contribution in [2.45, 2.75) is 33.1 Å². The van der Waals surface area contributed by atoms with Crippen LogP contribution in [0, 0.1) is 11.8 Å². The van der Waals surface area contributed by atoms with Crippen molar-refractivity contribution < 1.29 is 0 Å². The molecule has 7 heavy (non-hydrogen) atoms. The van der Waals surface area contributed by atoms with Crippen LogP contribution in [-0.4, -0.2) is 0 Å². The molecule has 0 atom stereocenters. The van der Waals surface area contributed by atoms with E-state index in [2.05, 4.69) is 13.8 Å². The Morgan fingerprint density at radius 3 is 1.86 bits per heavy atom. The van der Waals surface area contributed by atoms with Crippen LogP contribution in [0.4, 0.5) is 0 Å². The quantitative estimate of drug-likeness (QED) is 0.471. The standard InChI is InChI=1S/C7H13/c1-6(2)7-4-3-5-7/h6H,3-5H2,1-2H3. The summed E-state index contributed by atoms with van der Waals surface area (Å²) in [5.74, 6) is 2.65. The highest BCUT2D eigenvalue weighted by molar-refractivity contribution is 5.00. The molecule has 0 heteroatoms. The molecular formula is C7H13. The van der Waals surface area contributed by atoms with Crippen molar-refractivity contribution in [3.63, 3.8) is 0 Å². The van der Waals surface area contributed by atoms with Crippen LogP contribution in [0.15, 0.2) is 0 Å². The van der Waals surface area contributed by atoms with Crippen molar-refractivity contribution in [1.82, 2.24) is 0 Å². The first-order valence-electron chi connectivity index (χ1n) is 3.15. The molecule has 0 amide bonds. The molecule has 0 spiro atoms. The Kier molecular flexibility index (Phi) is 1.36. The summed E-state index contributed by atoms with van der Waals surface area (Å²) in [5, 5.41) is 0. The van der Waals surface area contributed by atoms with Crippen molar-refractivity contribution in [1.29, 1.82) is 0 Å². The lowest BCUT2D eigenvalue weighted by molar-refractivity contribution is 0.441. The molecule has 0 unspecified atom stereocenters. The zero-order valence-electron chi connectivity index (χ0n) is 5.20.